The summed E-state index contributed by atoms with van der Waals surface area (Å²) in [6, 6.07) is 4.32. The molecule has 2 aliphatic heterocycles. The van der Waals surface area contributed by atoms with Crippen LogP contribution >= 0.6 is 0 Å². The monoisotopic (exact) mass is 394 g/mol. The third-order valence-corrected chi connectivity index (χ3v) is 7.00. The SMILES string of the molecule is COc1cc(C)ccc1C(=O)N1CCN(C(=O)C(C)C)[C@@H]2CS(=O)(=O)C[C@@H]21. The van der Waals surface area contributed by atoms with Crippen molar-refractivity contribution in [2.24, 2.45) is 5.92 Å². The first-order valence-corrected chi connectivity index (χ1v) is 10.9. The largest absolute Gasteiger partial charge is 0.496 e. The molecule has 1 aromatic rings. The Hall–Kier alpha value is -2.09. The van der Waals surface area contributed by atoms with Crippen LogP contribution < -0.4 is 4.74 Å². The lowest BCUT2D eigenvalue weighted by Crippen LogP contribution is -2.62. The number of sulfone groups is 1. The number of piperazine rings is 1. The molecule has 0 bridgehead atoms. The van der Waals surface area contributed by atoms with Crippen LogP contribution in [0.4, 0.5) is 0 Å². The zero-order valence-electron chi connectivity index (χ0n) is 16.1. The van der Waals surface area contributed by atoms with Crippen molar-refractivity contribution in [3.05, 3.63) is 29.3 Å². The molecule has 7 nitrogen and oxygen atoms in total. The van der Waals surface area contributed by atoms with Crippen LogP contribution in [-0.2, 0) is 14.6 Å². The van der Waals surface area contributed by atoms with Gasteiger partial charge in [0, 0.05) is 19.0 Å². The van der Waals surface area contributed by atoms with E-state index < -0.39 is 21.9 Å². The molecule has 8 heteroatoms. The third-order valence-electron chi connectivity index (χ3n) is 5.30. The molecule has 2 amide bonds. The fraction of sp³-hybridized carbons (Fsp3) is 0.579. The molecule has 0 N–H and O–H groups in total. The van der Waals surface area contributed by atoms with E-state index in [2.05, 4.69) is 0 Å². The summed E-state index contributed by atoms with van der Waals surface area (Å²) in [5, 5.41) is 0. The number of carbonyl (C=O) groups excluding carboxylic acids is 2. The average molecular weight is 394 g/mol. The average Bonchev–Trinajstić information content (AvgIpc) is 2.94. The van der Waals surface area contributed by atoms with Gasteiger partial charge >= 0.3 is 0 Å². The van der Waals surface area contributed by atoms with Crippen molar-refractivity contribution in [2.45, 2.75) is 32.9 Å². The molecule has 2 atom stereocenters. The maximum absolute atomic E-state index is 13.2. The Balaban J connectivity index is 1.94. The Kier molecular flexibility index (Phi) is 5.20. The maximum atomic E-state index is 13.2. The van der Waals surface area contributed by atoms with Gasteiger partial charge in [0.15, 0.2) is 9.84 Å². The highest BCUT2D eigenvalue weighted by atomic mass is 32.2. The van der Waals surface area contributed by atoms with Gasteiger partial charge in [0.1, 0.15) is 5.75 Å². The molecule has 148 valence electrons. The molecular formula is C19H26N2O5S. The van der Waals surface area contributed by atoms with Gasteiger partial charge in [0.25, 0.3) is 5.91 Å². The van der Waals surface area contributed by atoms with Crippen LogP contribution in [0.2, 0.25) is 0 Å². The summed E-state index contributed by atoms with van der Waals surface area (Å²) in [7, 11) is -1.80. The topological polar surface area (TPSA) is 84.0 Å². The lowest BCUT2D eigenvalue weighted by molar-refractivity contribution is -0.139. The number of hydrogen-bond donors (Lipinski definition) is 0. The Morgan fingerprint density at radius 1 is 1.11 bits per heavy atom. The first kappa shape index (κ1) is 19.7. The Morgan fingerprint density at radius 2 is 1.70 bits per heavy atom. The normalized spacial score (nSPS) is 24.0. The zero-order chi connectivity index (χ0) is 19.9. The van der Waals surface area contributed by atoms with Crippen LogP contribution in [0.15, 0.2) is 18.2 Å². The second-order valence-electron chi connectivity index (χ2n) is 7.60. The highest BCUT2D eigenvalue weighted by Crippen LogP contribution is 2.31. The van der Waals surface area contributed by atoms with E-state index >= 15 is 0 Å². The molecule has 0 saturated carbocycles. The van der Waals surface area contributed by atoms with Crippen LogP contribution in [-0.4, -0.2) is 73.8 Å². The van der Waals surface area contributed by atoms with Gasteiger partial charge < -0.3 is 14.5 Å². The molecule has 2 saturated heterocycles. The highest BCUT2D eigenvalue weighted by Gasteiger charge is 2.49. The predicted octanol–water partition coefficient (Wildman–Crippen LogP) is 1.11. The van der Waals surface area contributed by atoms with Gasteiger partial charge in [-0.2, -0.15) is 0 Å². The molecule has 0 radical (unpaired) electrons. The number of carbonyl (C=O) groups is 2. The van der Waals surface area contributed by atoms with E-state index in [0.29, 0.717) is 24.4 Å². The van der Waals surface area contributed by atoms with Crippen LogP contribution in [0.5, 0.6) is 5.75 Å². The number of hydrogen-bond acceptors (Lipinski definition) is 5. The molecule has 0 unspecified atom stereocenters. The van der Waals surface area contributed by atoms with E-state index in [1.54, 1.807) is 35.8 Å². The molecule has 2 fully saturated rings. The van der Waals surface area contributed by atoms with Crippen molar-refractivity contribution >= 4 is 21.7 Å². The van der Waals surface area contributed by atoms with Crippen molar-refractivity contribution in [2.75, 3.05) is 31.7 Å². The van der Waals surface area contributed by atoms with Crippen LogP contribution in [0.3, 0.4) is 0 Å². The number of amides is 2. The summed E-state index contributed by atoms with van der Waals surface area (Å²) in [6.45, 7) is 6.16. The minimum absolute atomic E-state index is 0.0675. The van der Waals surface area contributed by atoms with Crippen molar-refractivity contribution in [3.63, 3.8) is 0 Å². The zero-order valence-corrected chi connectivity index (χ0v) is 17.0. The van der Waals surface area contributed by atoms with Gasteiger partial charge in [0.05, 0.1) is 36.3 Å². The summed E-state index contributed by atoms with van der Waals surface area (Å²) in [5.74, 6) is -0.270. The van der Waals surface area contributed by atoms with Crippen LogP contribution in [0.25, 0.3) is 0 Å². The second-order valence-corrected chi connectivity index (χ2v) is 9.75. The van der Waals surface area contributed by atoms with Gasteiger partial charge in [-0.05, 0) is 24.6 Å². The number of ether oxygens (including phenoxy) is 1. The van der Waals surface area contributed by atoms with Gasteiger partial charge in [-0.3, -0.25) is 9.59 Å². The van der Waals surface area contributed by atoms with Gasteiger partial charge in [0.2, 0.25) is 5.91 Å². The number of nitrogens with zero attached hydrogens (tertiary/aromatic N) is 2. The van der Waals surface area contributed by atoms with Gasteiger partial charge in [-0.1, -0.05) is 19.9 Å². The number of methoxy groups -OCH3 is 1. The standard InChI is InChI=1S/C19H26N2O5S/c1-12(2)18(22)20-7-8-21(16-11-27(24,25)10-15(16)20)19(23)14-6-5-13(3)9-17(14)26-4/h5-6,9,12,15-16H,7-8,10-11H2,1-4H3/t15-,16+/m1/s1. The molecule has 27 heavy (non-hydrogen) atoms. The van der Waals surface area contributed by atoms with Crippen molar-refractivity contribution < 1.29 is 22.7 Å². The van der Waals surface area contributed by atoms with E-state index in [9.17, 15) is 18.0 Å². The fourth-order valence-electron chi connectivity index (χ4n) is 3.94. The lowest BCUT2D eigenvalue weighted by atomic mass is 10.0. The molecule has 0 spiro atoms. The minimum atomic E-state index is -3.31. The summed E-state index contributed by atoms with van der Waals surface area (Å²) in [5.41, 5.74) is 1.38. The van der Waals surface area contributed by atoms with Crippen LogP contribution in [0, 0.1) is 12.8 Å². The number of aryl methyl sites for hydroxylation is 1. The fourth-order valence-corrected chi connectivity index (χ4v) is 5.92. The first-order valence-electron chi connectivity index (χ1n) is 9.11. The van der Waals surface area contributed by atoms with Gasteiger partial charge in [-0.15, -0.1) is 0 Å². The summed E-state index contributed by atoms with van der Waals surface area (Å²) in [6.07, 6.45) is 0. The molecule has 2 heterocycles. The summed E-state index contributed by atoms with van der Waals surface area (Å²) in [4.78, 5) is 29.0. The van der Waals surface area contributed by atoms with E-state index in [0.717, 1.165) is 5.56 Å². The second kappa shape index (κ2) is 7.14. The first-order chi connectivity index (χ1) is 12.6. The van der Waals surface area contributed by atoms with E-state index in [1.807, 2.05) is 13.0 Å². The Morgan fingerprint density at radius 3 is 2.30 bits per heavy atom. The van der Waals surface area contributed by atoms with E-state index in [-0.39, 0.29) is 29.2 Å². The Labute approximate surface area is 160 Å². The predicted molar refractivity (Wildman–Crippen MR) is 102 cm³/mol. The lowest BCUT2D eigenvalue weighted by Gasteiger charge is -2.44. The summed E-state index contributed by atoms with van der Waals surface area (Å²) >= 11 is 0. The molecule has 2 aliphatic rings. The van der Waals surface area contributed by atoms with E-state index in [4.69, 9.17) is 4.74 Å². The molecule has 0 aromatic heterocycles. The third kappa shape index (κ3) is 3.67. The number of fused-ring (bicyclic) bond motifs is 1. The smallest absolute Gasteiger partial charge is 0.258 e. The number of benzene rings is 1. The number of rotatable bonds is 3. The molecule has 0 aliphatic carbocycles. The van der Waals surface area contributed by atoms with Crippen molar-refractivity contribution in [1.29, 1.82) is 0 Å². The highest BCUT2D eigenvalue weighted by molar-refractivity contribution is 7.91. The van der Waals surface area contributed by atoms with E-state index in [1.165, 1.54) is 7.11 Å². The molecule has 3 rings (SSSR count). The maximum Gasteiger partial charge on any atom is 0.258 e. The molecular weight excluding hydrogens is 368 g/mol. The van der Waals surface area contributed by atoms with Crippen molar-refractivity contribution in [1.82, 2.24) is 9.80 Å². The van der Waals surface area contributed by atoms with Crippen LogP contribution in [0.1, 0.15) is 29.8 Å². The van der Waals surface area contributed by atoms with Crippen molar-refractivity contribution in [3.8, 4) is 5.75 Å². The summed E-state index contributed by atoms with van der Waals surface area (Å²) < 4.78 is 30.0. The quantitative estimate of drug-likeness (QED) is 0.767. The molecule has 1 aromatic carbocycles. The minimum Gasteiger partial charge on any atom is -0.496 e. The Bertz CT molecular complexity index is 865. The van der Waals surface area contributed by atoms with Gasteiger partial charge in [-0.25, -0.2) is 8.42 Å².